The zero-order chi connectivity index (χ0) is 13.3. The molecule has 0 spiro atoms. The summed E-state index contributed by atoms with van der Waals surface area (Å²) in [7, 11) is 0. The Labute approximate surface area is 115 Å². The monoisotopic (exact) mass is 249 g/mol. The van der Waals surface area contributed by atoms with Crippen LogP contribution < -0.4 is 4.90 Å². The molecule has 2 aromatic carbocycles. The Morgan fingerprint density at radius 2 is 1.63 bits per heavy atom. The van der Waals surface area contributed by atoms with Gasteiger partial charge >= 0.3 is 0 Å². The molecule has 2 aromatic rings. The fourth-order valence-electron chi connectivity index (χ4n) is 3.11. The largest absolute Gasteiger partial charge is 0.354 e. The lowest BCUT2D eigenvalue weighted by Crippen LogP contribution is -2.11. The minimum atomic E-state index is 0.157. The molecule has 3 rings (SSSR count). The summed E-state index contributed by atoms with van der Waals surface area (Å²) in [6, 6.07) is 21.8. The number of para-hydroxylation sites is 1. The molecule has 0 aromatic heterocycles. The highest BCUT2D eigenvalue weighted by atomic mass is 15.4. The van der Waals surface area contributed by atoms with Crippen LogP contribution in [0.3, 0.4) is 0 Å². The van der Waals surface area contributed by atoms with Crippen molar-refractivity contribution >= 4 is 5.69 Å². The maximum Gasteiger partial charge on any atom is 0.0781 e. The second kappa shape index (κ2) is 4.58. The molecule has 2 atom stereocenters. The van der Waals surface area contributed by atoms with Gasteiger partial charge < -0.3 is 4.90 Å². The summed E-state index contributed by atoms with van der Waals surface area (Å²) in [4.78, 5) is 2.49. The van der Waals surface area contributed by atoms with E-state index in [1.807, 2.05) is 6.08 Å². The molecule has 0 radical (unpaired) electrons. The molecular weight excluding hydrogens is 230 g/mol. The number of rotatable bonds is 4. The van der Waals surface area contributed by atoms with Crippen LogP contribution in [0.25, 0.3) is 0 Å². The van der Waals surface area contributed by atoms with Gasteiger partial charge in [0.25, 0.3) is 0 Å². The summed E-state index contributed by atoms with van der Waals surface area (Å²) in [5, 5.41) is 0. The van der Waals surface area contributed by atoms with Gasteiger partial charge in [-0.2, -0.15) is 0 Å². The van der Waals surface area contributed by atoms with Crippen molar-refractivity contribution in [2.75, 3.05) is 4.90 Å². The predicted molar refractivity (Wildman–Crippen MR) is 81.3 cm³/mol. The first-order valence-corrected chi connectivity index (χ1v) is 6.77. The lowest BCUT2D eigenvalue weighted by Gasteiger charge is -2.10. The van der Waals surface area contributed by atoms with Gasteiger partial charge in [-0.3, -0.25) is 0 Å². The molecule has 0 bridgehead atoms. The first kappa shape index (κ1) is 12.0. The normalized spacial score (nSPS) is 25.1. The van der Waals surface area contributed by atoms with Gasteiger partial charge in [-0.25, -0.2) is 0 Å². The number of hydrogen-bond donors (Lipinski definition) is 0. The Bertz CT molecular complexity index is 513. The molecule has 1 heteroatoms. The van der Waals surface area contributed by atoms with Crippen LogP contribution in [-0.2, 0) is 0 Å². The van der Waals surface area contributed by atoms with Gasteiger partial charge in [0.05, 0.1) is 11.6 Å². The van der Waals surface area contributed by atoms with Crippen molar-refractivity contribution in [3.63, 3.8) is 0 Å². The van der Waals surface area contributed by atoms with Crippen molar-refractivity contribution in [1.29, 1.82) is 0 Å². The van der Waals surface area contributed by atoms with E-state index >= 15 is 0 Å². The molecule has 96 valence electrons. The van der Waals surface area contributed by atoms with Crippen LogP contribution in [0.4, 0.5) is 5.69 Å². The van der Waals surface area contributed by atoms with E-state index in [0.29, 0.717) is 6.04 Å². The van der Waals surface area contributed by atoms with Crippen LogP contribution in [0.2, 0.25) is 0 Å². The minimum absolute atomic E-state index is 0.157. The Hall–Kier alpha value is -2.02. The molecule has 1 aliphatic rings. The molecule has 0 aliphatic carbocycles. The maximum atomic E-state index is 3.92. The van der Waals surface area contributed by atoms with Gasteiger partial charge in [-0.05, 0) is 31.0 Å². The molecule has 1 saturated heterocycles. The molecule has 1 aliphatic heterocycles. The number of benzene rings is 2. The van der Waals surface area contributed by atoms with Crippen molar-refractivity contribution in [3.8, 4) is 0 Å². The molecule has 1 fully saturated rings. The summed E-state index contributed by atoms with van der Waals surface area (Å²) < 4.78 is 0. The van der Waals surface area contributed by atoms with Gasteiger partial charge in [-0.15, -0.1) is 6.58 Å². The zero-order valence-corrected chi connectivity index (χ0v) is 11.3. The zero-order valence-electron chi connectivity index (χ0n) is 11.3. The van der Waals surface area contributed by atoms with Gasteiger partial charge in [0.1, 0.15) is 0 Å². The van der Waals surface area contributed by atoms with Gasteiger partial charge in [0, 0.05) is 5.69 Å². The quantitative estimate of drug-likeness (QED) is 0.566. The average molecular weight is 249 g/mol. The topological polar surface area (TPSA) is 3.01 Å². The van der Waals surface area contributed by atoms with Crippen LogP contribution in [0, 0.1) is 0 Å². The first-order valence-electron chi connectivity index (χ1n) is 6.77. The van der Waals surface area contributed by atoms with E-state index in [1.165, 1.54) is 11.3 Å². The van der Waals surface area contributed by atoms with Crippen LogP contribution in [-0.4, -0.2) is 5.54 Å². The lowest BCUT2D eigenvalue weighted by atomic mass is 9.98. The van der Waals surface area contributed by atoms with Crippen LogP contribution in [0.1, 0.15) is 24.9 Å². The van der Waals surface area contributed by atoms with E-state index in [-0.39, 0.29) is 5.54 Å². The number of nitrogens with zero attached hydrogens (tertiary/aromatic N) is 1. The van der Waals surface area contributed by atoms with E-state index in [1.54, 1.807) is 0 Å². The molecule has 0 amide bonds. The van der Waals surface area contributed by atoms with Crippen LogP contribution >= 0.6 is 0 Å². The summed E-state index contributed by atoms with van der Waals surface area (Å²) in [6.07, 6.45) is 3.03. The Balaban J connectivity index is 1.97. The lowest BCUT2D eigenvalue weighted by molar-refractivity contribution is 0.697. The Morgan fingerprint density at radius 3 is 2.21 bits per heavy atom. The van der Waals surface area contributed by atoms with Gasteiger partial charge in [0.15, 0.2) is 0 Å². The minimum Gasteiger partial charge on any atom is -0.354 e. The summed E-state index contributed by atoms with van der Waals surface area (Å²) >= 11 is 0. The fourth-order valence-corrected chi connectivity index (χ4v) is 3.11. The second-order valence-corrected chi connectivity index (χ2v) is 5.37. The second-order valence-electron chi connectivity index (χ2n) is 5.37. The third-order valence-corrected chi connectivity index (χ3v) is 4.04. The van der Waals surface area contributed by atoms with Gasteiger partial charge in [0.2, 0.25) is 0 Å². The van der Waals surface area contributed by atoms with Crippen molar-refractivity contribution in [2.45, 2.75) is 24.9 Å². The fraction of sp³-hybridized carbons (Fsp3) is 0.222. The highest BCUT2D eigenvalue weighted by Crippen LogP contribution is 2.57. The number of hydrogen-bond acceptors (Lipinski definition) is 1. The van der Waals surface area contributed by atoms with Crippen LogP contribution in [0.5, 0.6) is 0 Å². The maximum absolute atomic E-state index is 3.92. The molecule has 0 unspecified atom stereocenters. The highest BCUT2D eigenvalue weighted by Gasteiger charge is 2.58. The third kappa shape index (κ3) is 1.95. The van der Waals surface area contributed by atoms with E-state index in [0.717, 1.165) is 6.42 Å². The number of anilines is 1. The predicted octanol–water partition coefficient (Wildman–Crippen LogP) is 4.58. The van der Waals surface area contributed by atoms with Crippen LogP contribution in [0.15, 0.2) is 73.3 Å². The smallest absolute Gasteiger partial charge is 0.0781 e. The highest BCUT2D eigenvalue weighted by molar-refractivity contribution is 5.63. The average Bonchev–Trinajstić information content (AvgIpc) is 3.07. The van der Waals surface area contributed by atoms with E-state index in [4.69, 9.17) is 0 Å². The Kier molecular flexibility index (Phi) is 2.90. The molecule has 1 nitrogen and oxygen atoms in total. The van der Waals surface area contributed by atoms with Crippen molar-refractivity contribution in [2.24, 2.45) is 0 Å². The first-order chi connectivity index (χ1) is 9.27. The van der Waals surface area contributed by atoms with Crippen molar-refractivity contribution in [3.05, 3.63) is 78.9 Å². The molecule has 1 heterocycles. The van der Waals surface area contributed by atoms with Crippen molar-refractivity contribution < 1.29 is 0 Å². The Morgan fingerprint density at radius 1 is 1.05 bits per heavy atom. The van der Waals surface area contributed by atoms with E-state index in [2.05, 4.69) is 79.1 Å². The third-order valence-electron chi connectivity index (χ3n) is 4.04. The summed E-state index contributed by atoms with van der Waals surface area (Å²) in [6.45, 7) is 6.23. The van der Waals surface area contributed by atoms with Crippen molar-refractivity contribution in [1.82, 2.24) is 0 Å². The van der Waals surface area contributed by atoms with E-state index in [9.17, 15) is 0 Å². The van der Waals surface area contributed by atoms with E-state index < -0.39 is 0 Å². The summed E-state index contributed by atoms with van der Waals surface area (Å²) in [5.74, 6) is 0. The molecule has 19 heavy (non-hydrogen) atoms. The SMILES string of the molecule is C=CC[C@]1(C)[C@@H](c2ccccc2)N1c1ccccc1. The summed E-state index contributed by atoms with van der Waals surface area (Å²) in [5.41, 5.74) is 2.83. The molecule has 0 N–H and O–H groups in total. The van der Waals surface area contributed by atoms with Gasteiger partial charge in [-0.1, -0.05) is 54.6 Å². The molecular formula is C18H19N. The standard InChI is InChI=1S/C18H19N/c1-3-14-18(2)17(15-10-6-4-7-11-15)19(18)16-12-8-5-9-13-16/h3-13,17H,1,14H2,2H3/t17-,18-,19?/m1/s1. The molecule has 0 saturated carbocycles.